The molecule has 5 nitrogen and oxygen atoms in total. The van der Waals surface area contributed by atoms with Crippen molar-refractivity contribution in [3.05, 3.63) is 63.2 Å². The van der Waals surface area contributed by atoms with E-state index >= 15 is 0 Å². The van der Waals surface area contributed by atoms with Gasteiger partial charge in [0.1, 0.15) is 5.69 Å². The Morgan fingerprint density at radius 2 is 2.00 bits per heavy atom. The highest BCUT2D eigenvalue weighted by molar-refractivity contribution is 7.83. The number of halogens is 1. The molecule has 0 aliphatic carbocycles. The van der Waals surface area contributed by atoms with Gasteiger partial charge in [0, 0.05) is 39.6 Å². The second kappa shape index (κ2) is 6.69. The summed E-state index contributed by atoms with van der Waals surface area (Å²) in [7, 11) is -1.01. The summed E-state index contributed by atoms with van der Waals surface area (Å²) in [6.45, 7) is 0. The Bertz CT molecular complexity index is 706. The first kappa shape index (κ1) is 15.5. The van der Waals surface area contributed by atoms with Gasteiger partial charge >= 0.3 is 0 Å². The third-order valence-corrected chi connectivity index (χ3v) is 3.87. The third-order valence-electron chi connectivity index (χ3n) is 2.78. The van der Waals surface area contributed by atoms with Gasteiger partial charge in [-0.1, -0.05) is 23.7 Å². The number of hydrogen-bond donors (Lipinski definition) is 1. The second-order valence-electron chi connectivity index (χ2n) is 4.42. The summed E-state index contributed by atoms with van der Waals surface area (Å²) in [6, 6.07) is 11.5. The Balaban J connectivity index is 2.32. The molecular weight excluding hydrogens is 312 g/mol. The van der Waals surface area contributed by atoms with E-state index in [0.29, 0.717) is 22.2 Å². The van der Waals surface area contributed by atoms with Gasteiger partial charge in [-0.3, -0.25) is 14.3 Å². The topological polar surface area (TPSA) is 72.2 Å². The minimum absolute atomic E-state index is 0.00642. The van der Waals surface area contributed by atoms with Crippen LogP contribution in [0.5, 0.6) is 0 Å². The lowest BCUT2D eigenvalue weighted by Gasteiger charge is -2.09. The Hall–Kier alpha value is -1.92. The van der Waals surface area contributed by atoms with Crippen LogP contribution in [0.1, 0.15) is 5.56 Å². The molecule has 0 bridgehead atoms. The Labute approximate surface area is 129 Å². The average Bonchev–Trinajstić information content (AvgIpc) is 2.42. The summed E-state index contributed by atoms with van der Waals surface area (Å²) >= 11 is 6.05. The second-order valence-corrected chi connectivity index (χ2v) is 6.27. The van der Waals surface area contributed by atoms with Crippen molar-refractivity contribution in [2.45, 2.75) is 5.75 Å². The molecule has 0 saturated carbocycles. The van der Waals surface area contributed by atoms with Crippen LogP contribution < -0.4 is 5.32 Å². The zero-order chi connectivity index (χ0) is 15.4. The fraction of sp³-hybridized carbons (Fsp3) is 0.143. The SMILES string of the molecule is CS(=O)Cc1cc(Nc2ccccc2[N+](=O)[O-])ccc1Cl. The van der Waals surface area contributed by atoms with Crippen LogP contribution in [0.25, 0.3) is 0 Å². The molecule has 2 aromatic rings. The molecule has 21 heavy (non-hydrogen) atoms. The van der Waals surface area contributed by atoms with Crippen molar-refractivity contribution < 1.29 is 9.13 Å². The summed E-state index contributed by atoms with van der Waals surface area (Å²) < 4.78 is 11.3. The van der Waals surface area contributed by atoms with E-state index in [9.17, 15) is 14.3 Å². The minimum Gasteiger partial charge on any atom is -0.350 e. The van der Waals surface area contributed by atoms with Crippen LogP contribution in [-0.4, -0.2) is 15.4 Å². The highest BCUT2D eigenvalue weighted by Crippen LogP contribution is 2.29. The van der Waals surface area contributed by atoms with E-state index in [1.807, 2.05) is 0 Å². The maximum atomic E-state index is 11.3. The van der Waals surface area contributed by atoms with E-state index in [4.69, 9.17) is 11.6 Å². The quantitative estimate of drug-likeness (QED) is 0.669. The first-order valence-electron chi connectivity index (χ1n) is 6.06. The molecule has 0 fully saturated rings. The predicted molar refractivity (Wildman–Crippen MR) is 85.6 cm³/mol. The number of nitrogens with zero attached hydrogens (tertiary/aromatic N) is 1. The molecule has 1 unspecified atom stereocenters. The smallest absolute Gasteiger partial charge is 0.292 e. The number of nitro benzene ring substituents is 1. The lowest BCUT2D eigenvalue weighted by molar-refractivity contribution is -0.383. The highest BCUT2D eigenvalue weighted by Gasteiger charge is 2.13. The molecular formula is C14H13ClN2O3S. The summed E-state index contributed by atoms with van der Waals surface area (Å²) in [5, 5.41) is 14.5. The molecule has 0 saturated heterocycles. The molecule has 0 amide bonds. The Morgan fingerprint density at radius 3 is 2.67 bits per heavy atom. The van der Waals surface area contributed by atoms with Crippen LogP contribution >= 0.6 is 11.6 Å². The van der Waals surface area contributed by atoms with E-state index in [-0.39, 0.29) is 5.69 Å². The molecule has 2 rings (SSSR count). The zero-order valence-electron chi connectivity index (χ0n) is 11.2. The van der Waals surface area contributed by atoms with Gasteiger partial charge in [0.2, 0.25) is 0 Å². The normalized spacial score (nSPS) is 11.9. The third kappa shape index (κ3) is 4.03. The Kier molecular flexibility index (Phi) is 4.93. The van der Waals surface area contributed by atoms with E-state index < -0.39 is 15.7 Å². The molecule has 0 radical (unpaired) electrons. The number of para-hydroxylation sites is 2. The van der Waals surface area contributed by atoms with Crippen molar-refractivity contribution in [3.8, 4) is 0 Å². The molecule has 1 N–H and O–H groups in total. The predicted octanol–water partition coefficient (Wildman–Crippen LogP) is 3.87. The molecule has 0 aliphatic rings. The molecule has 0 spiro atoms. The fourth-order valence-corrected chi connectivity index (χ4v) is 2.82. The zero-order valence-corrected chi connectivity index (χ0v) is 12.8. The van der Waals surface area contributed by atoms with Crippen molar-refractivity contribution in [1.82, 2.24) is 0 Å². The lowest BCUT2D eigenvalue weighted by atomic mass is 10.2. The van der Waals surface area contributed by atoms with Gasteiger partial charge in [0.05, 0.1) is 4.92 Å². The van der Waals surface area contributed by atoms with Crippen LogP contribution in [0.3, 0.4) is 0 Å². The van der Waals surface area contributed by atoms with Gasteiger partial charge in [-0.2, -0.15) is 0 Å². The van der Waals surface area contributed by atoms with Gasteiger partial charge in [0.15, 0.2) is 0 Å². The summed E-state index contributed by atoms with van der Waals surface area (Å²) in [4.78, 5) is 10.5. The van der Waals surface area contributed by atoms with Crippen LogP contribution in [0.4, 0.5) is 17.1 Å². The van der Waals surface area contributed by atoms with Crippen LogP contribution in [0.2, 0.25) is 5.02 Å². The average molecular weight is 325 g/mol. The van der Waals surface area contributed by atoms with Crippen molar-refractivity contribution in [1.29, 1.82) is 0 Å². The monoisotopic (exact) mass is 324 g/mol. The Morgan fingerprint density at radius 1 is 1.29 bits per heavy atom. The van der Waals surface area contributed by atoms with Crippen molar-refractivity contribution in [2.75, 3.05) is 11.6 Å². The molecule has 0 aliphatic heterocycles. The molecule has 2 aromatic carbocycles. The fourth-order valence-electron chi connectivity index (χ4n) is 1.88. The van der Waals surface area contributed by atoms with Gasteiger partial charge in [-0.25, -0.2) is 0 Å². The minimum atomic E-state index is -1.01. The molecule has 0 heterocycles. The van der Waals surface area contributed by atoms with E-state index in [1.54, 1.807) is 42.7 Å². The molecule has 0 aromatic heterocycles. The van der Waals surface area contributed by atoms with Crippen molar-refractivity contribution in [3.63, 3.8) is 0 Å². The van der Waals surface area contributed by atoms with Crippen LogP contribution in [0, 0.1) is 10.1 Å². The maximum Gasteiger partial charge on any atom is 0.292 e. The summed E-state index contributed by atoms with van der Waals surface area (Å²) in [6.07, 6.45) is 1.60. The van der Waals surface area contributed by atoms with E-state index in [2.05, 4.69) is 5.32 Å². The molecule has 7 heteroatoms. The van der Waals surface area contributed by atoms with Gasteiger partial charge in [-0.15, -0.1) is 0 Å². The number of rotatable bonds is 5. The van der Waals surface area contributed by atoms with Gasteiger partial charge < -0.3 is 5.32 Å². The highest BCUT2D eigenvalue weighted by atomic mass is 35.5. The summed E-state index contributed by atoms with van der Waals surface area (Å²) in [5.41, 5.74) is 1.79. The van der Waals surface area contributed by atoms with Gasteiger partial charge in [-0.05, 0) is 29.8 Å². The molecule has 110 valence electrons. The number of nitro groups is 1. The largest absolute Gasteiger partial charge is 0.350 e. The standard InChI is InChI=1S/C14H13ClN2O3S/c1-21(20)9-10-8-11(6-7-12(10)15)16-13-4-2-3-5-14(13)17(18)19/h2-8,16H,9H2,1H3. The first-order chi connectivity index (χ1) is 9.97. The lowest BCUT2D eigenvalue weighted by Crippen LogP contribution is -1.99. The number of nitrogens with one attached hydrogen (secondary N) is 1. The number of anilines is 2. The molecule has 1 atom stereocenters. The summed E-state index contributed by atoms with van der Waals surface area (Å²) in [5.74, 6) is 0.339. The number of hydrogen-bond acceptors (Lipinski definition) is 4. The van der Waals surface area contributed by atoms with Crippen LogP contribution in [-0.2, 0) is 16.6 Å². The maximum absolute atomic E-state index is 11.3. The van der Waals surface area contributed by atoms with Crippen molar-refractivity contribution in [2.24, 2.45) is 0 Å². The van der Waals surface area contributed by atoms with Gasteiger partial charge in [0.25, 0.3) is 5.69 Å². The number of benzene rings is 2. The van der Waals surface area contributed by atoms with Crippen LogP contribution in [0.15, 0.2) is 42.5 Å². The van der Waals surface area contributed by atoms with E-state index in [0.717, 1.165) is 5.56 Å². The van der Waals surface area contributed by atoms with E-state index in [1.165, 1.54) is 6.07 Å². The first-order valence-corrected chi connectivity index (χ1v) is 8.17. The van der Waals surface area contributed by atoms with Crippen molar-refractivity contribution >= 4 is 39.5 Å².